The standard InChI is InChI=1S/C27H22ClN7O3/c28-22-8-10-24(34-16-29-31-32-34)23(12-22)20-7-9-25(35(38)15-20)26(11-17-1-2-17)33-14-21(13-30-33)18-3-5-19(6-4-18)27(36)37/h3-10,12-17,26H,1-2,11H2,(H,36,37)/t26-/m0/s1. The summed E-state index contributed by atoms with van der Waals surface area (Å²) in [5.41, 5.74) is 4.63. The highest BCUT2D eigenvalue weighted by molar-refractivity contribution is 6.31. The molecule has 3 aromatic heterocycles. The molecule has 6 rings (SSSR count). The normalized spacial score (nSPS) is 13.9. The molecular formula is C27H22ClN7O3. The van der Waals surface area contributed by atoms with E-state index in [-0.39, 0.29) is 11.6 Å². The van der Waals surface area contributed by atoms with E-state index in [0.29, 0.717) is 27.9 Å². The Balaban J connectivity index is 1.35. The molecule has 0 radical (unpaired) electrons. The highest BCUT2D eigenvalue weighted by Gasteiger charge is 2.32. The Morgan fingerprint density at radius 3 is 2.58 bits per heavy atom. The van der Waals surface area contributed by atoms with Crippen molar-refractivity contribution in [2.45, 2.75) is 25.3 Å². The fourth-order valence-electron chi connectivity index (χ4n) is 4.62. The van der Waals surface area contributed by atoms with Crippen molar-refractivity contribution in [1.29, 1.82) is 0 Å². The van der Waals surface area contributed by atoms with Crippen LogP contribution in [0.5, 0.6) is 0 Å². The van der Waals surface area contributed by atoms with Crippen LogP contribution in [0.15, 0.2) is 79.5 Å². The third-order valence-electron chi connectivity index (χ3n) is 6.79. The lowest BCUT2D eigenvalue weighted by molar-refractivity contribution is -0.615. The molecule has 1 saturated carbocycles. The first-order chi connectivity index (χ1) is 18.5. The number of halogens is 1. The summed E-state index contributed by atoms with van der Waals surface area (Å²) < 4.78 is 4.25. The highest BCUT2D eigenvalue weighted by Crippen LogP contribution is 2.39. The average Bonchev–Trinajstić information content (AvgIpc) is 3.36. The summed E-state index contributed by atoms with van der Waals surface area (Å²) in [5, 5.41) is 39.1. The number of hydrogen-bond acceptors (Lipinski definition) is 6. The van der Waals surface area contributed by atoms with Crippen molar-refractivity contribution in [3.8, 4) is 27.9 Å². The predicted octanol–water partition coefficient (Wildman–Crippen LogP) is 4.57. The zero-order valence-corrected chi connectivity index (χ0v) is 20.8. The molecule has 0 bridgehead atoms. The molecule has 0 aliphatic heterocycles. The molecule has 0 spiro atoms. The number of carbonyl (C=O) groups is 1. The second kappa shape index (κ2) is 9.71. The molecule has 1 N–H and O–H groups in total. The van der Waals surface area contributed by atoms with Crippen LogP contribution in [0.4, 0.5) is 0 Å². The minimum absolute atomic E-state index is 0.225. The molecule has 1 aliphatic rings. The predicted molar refractivity (Wildman–Crippen MR) is 139 cm³/mol. The Bertz CT molecular complexity index is 1610. The molecule has 1 aliphatic carbocycles. The molecule has 10 nitrogen and oxygen atoms in total. The van der Waals surface area contributed by atoms with Gasteiger partial charge in [0.25, 0.3) is 0 Å². The smallest absolute Gasteiger partial charge is 0.335 e. The van der Waals surface area contributed by atoms with Gasteiger partial charge in [-0.05, 0) is 64.7 Å². The maximum absolute atomic E-state index is 13.4. The van der Waals surface area contributed by atoms with Gasteiger partial charge in [-0.1, -0.05) is 36.6 Å². The van der Waals surface area contributed by atoms with Gasteiger partial charge in [-0.3, -0.25) is 4.68 Å². The fourth-order valence-corrected chi connectivity index (χ4v) is 4.79. The van der Waals surface area contributed by atoms with E-state index in [1.165, 1.54) is 11.0 Å². The Labute approximate surface area is 222 Å². The van der Waals surface area contributed by atoms with Crippen molar-refractivity contribution < 1.29 is 14.6 Å². The molecule has 190 valence electrons. The summed E-state index contributed by atoms with van der Waals surface area (Å²) in [6.07, 6.45) is 9.75. The largest absolute Gasteiger partial charge is 0.618 e. The van der Waals surface area contributed by atoms with E-state index in [2.05, 4.69) is 20.6 Å². The first-order valence-corrected chi connectivity index (χ1v) is 12.5. The maximum atomic E-state index is 13.4. The second-order valence-electron chi connectivity index (χ2n) is 9.37. The van der Waals surface area contributed by atoms with Crippen molar-refractivity contribution in [3.05, 3.63) is 101 Å². The number of carboxylic acid groups (broad SMARTS) is 1. The van der Waals surface area contributed by atoms with E-state index in [4.69, 9.17) is 16.7 Å². The van der Waals surface area contributed by atoms with Crippen molar-refractivity contribution in [2.75, 3.05) is 0 Å². The SMILES string of the molecule is O=C(O)c1ccc(-c2cnn([C@@H](CC3CC3)c3ccc(-c4cc(Cl)ccc4-n4cnnn4)c[n+]3[O-])c2)cc1. The Hall–Kier alpha value is -4.57. The number of benzene rings is 2. The topological polar surface area (TPSA) is 126 Å². The molecule has 0 unspecified atom stereocenters. The van der Waals surface area contributed by atoms with E-state index in [0.717, 1.165) is 40.7 Å². The third-order valence-corrected chi connectivity index (χ3v) is 7.03. The molecule has 38 heavy (non-hydrogen) atoms. The second-order valence-corrected chi connectivity index (χ2v) is 9.81. The number of aromatic nitrogens is 7. The number of hydrogen-bond donors (Lipinski definition) is 1. The molecule has 1 atom stereocenters. The van der Waals surface area contributed by atoms with Gasteiger partial charge in [0.15, 0.2) is 6.20 Å². The first kappa shape index (κ1) is 23.8. The molecule has 1 fully saturated rings. The van der Waals surface area contributed by atoms with E-state index in [1.54, 1.807) is 54.9 Å². The first-order valence-electron chi connectivity index (χ1n) is 12.1. The van der Waals surface area contributed by atoms with Gasteiger partial charge in [0.2, 0.25) is 5.69 Å². The van der Waals surface area contributed by atoms with Gasteiger partial charge in [-0.25, -0.2) is 4.79 Å². The Morgan fingerprint density at radius 2 is 1.89 bits per heavy atom. The summed E-state index contributed by atoms with van der Waals surface area (Å²) in [6.45, 7) is 0. The van der Waals surface area contributed by atoms with Gasteiger partial charge in [-0.2, -0.15) is 14.5 Å². The lowest BCUT2D eigenvalue weighted by Gasteiger charge is -2.18. The average molecular weight is 528 g/mol. The van der Waals surface area contributed by atoms with Crippen molar-refractivity contribution >= 4 is 17.6 Å². The van der Waals surface area contributed by atoms with E-state index < -0.39 is 5.97 Å². The number of nitrogens with zero attached hydrogens (tertiary/aromatic N) is 7. The summed E-state index contributed by atoms with van der Waals surface area (Å²) in [6, 6.07) is 15.5. The van der Waals surface area contributed by atoms with Gasteiger partial charge >= 0.3 is 5.97 Å². The highest BCUT2D eigenvalue weighted by atomic mass is 35.5. The van der Waals surface area contributed by atoms with Crippen molar-refractivity contribution in [3.63, 3.8) is 0 Å². The minimum atomic E-state index is -0.969. The number of carboxylic acids is 1. The van der Waals surface area contributed by atoms with Gasteiger partial charge in [0, 0.05) is 34.0 Å². The molecule has 3 heterocycles. The molecule has 0 saturated heterocycles. The van der Waals surface area contributed by atoms with E-state index >= 15 is 0 Å². The van der Waals surface area contributed by atoms with Gasteiger partial charge < -0.3 is 10.3 Å². The summed E-state index contributed by atoms with van der Waals surface area (Å²) in [4.78, 5) is 11.2. The minimum Gasteiger partial charge on any atom is -0.618 e. The zero-order valence-electron chi connectivity index (χ0n) is 20.1. The lowest BCUT2D eigenvalue weighted by atomic mass is 10.0. The van der Waals surface area contributed by atoms with Gasteiger partial charge in [-0.15, -0.1) is 5.10 Å². The van der Waals surface area contributed by atoms with Crippen LogP contribution in [0, 0.1) is 11.1 Å². The number of pyridine rings is 1. The summed E-state index contributed by atoms with van der Waals surface area (Å²) >= 11 is 6.28. The summed E-state index contributed by atoms with van der Waals surface area (Å²) in [5.74, 6) is -0.426. The molecule has 0 amide bonds. The number of tetrazole rings is 1. The van der Waals surface area contributed by atoms with Crippen LogP contribution >= 0.6 is 11.6 Å². The van der Waals surface area contributed by atoms with Crippen molar-refractivity contribution in [2.24, 2.45) is 5.92 Å². The summed E-state index contributed by atoms with van der Waals surface area (Å²) in [7, 11) is 0. The van der Waals surface area contributed by atoms with Crippen LogP contribution in [0.3, 0.4) is 0 Å². The van der Waals surface area contributed by atoms with Gasteiger partial charge in [0.05, 0.1) is 17.4 Å². The fraction of sp³-hybridized carbons (Fsp3) is 0.185. The monoisotopic (exact) mass is 527 g/mol. The number of aromatic carboxylic acids is 1. The zero-order chi connectivity index (χ0) is 26.2. The van der Waals surface area contributed by atoms with E-state index in [1.807, 2.05) is 23.0 Å². The van der Waals surface area contributed by atoms with Crippen LogP contribution in [0.2, 0.25) is 5.02 Å². The van der Waals surface area contributed by atoms with Crippen LogP contribution in [-0.2, 0) is 0 Å². The van der Waals surface area contributed by atoms with Crippen LogP contribution in [0.1, 0.15) is 41.4 Å². The molecule has 11 heteroatoms. The maximum Gasteiger partial charge on any atom is 0.335 e. The molecular weight excluding hydrogens is 506 g/mol. The quantitative estimate of drug-likeness (QED) is 0.231. The Morgan fingerprint density at radius 1 is 1.11 bits per heavy atom. The van der Waals surface area contributed by atoms with Crippen molar-refractivity contribution in [1.82, 2.24) is 30.0 Å². The lowest BCUT2D eigenvalue weighted by Crippen LogP contribution is -2.35. The van der Waals surface area contributed by atoms with E-state index in [9.17, 15) is 10.0 Å². The number of rotatable bonds is 8. The molecule has 2 aromatic carbocycles. The molecule has 5 aromatic rings. The van der Waals surface area contributed by atoms with Crippen LogP contribution in [-0.4, -0.2) is 41.1 Å². The van der Waals surface area contributed by atoms with Crippen LogP contribution in [0.25, 0.3) is 27.9 Å². The third kappa shape index (κ3) is 4.73. The van der Waals surface area contributed by atoms with Gasteiger partial charge in [0.1, 0.15) is 12.4 Å². The van der Waals surface area contributed by atoms with Crippen LogP contribution < -0.4 is 4.73 Å². The Kier molecular flexibility index (Phi) is 6.09.